The van der Waals surface area contributed by atoms with Gasteiger partial charge in [0.1, 0.15) is 11.4 Å². The number of piperidine rings is 1. The van der Waals surface area contributed by atoms with Gasteiger partial charge in [0, 0.05) is 48.4 Å². The fourth-order valence-corrected chi connectivity index (χ4v) is 5.56. The van der Waals surface area contributed by atoms with Gasteiger partial charge in [0.05, 0.1) is 24.3 Å². The van der Waals surface area contributed by atoms with E-state index < -0.39 is 5.60 Å². The van der Waals surface area contributed by atoms with Crippen LogP contribution in [0.4, 0.5) is 0 Å². The summed E-state index contributed by atoms with van der Waals surface area (Å²) in [6, 6.07) is 8.99. The highest BCUT2D eigenvalue weighted by atomic mass is 16.5. The monoisotopic (exact) mass is 514 g/mol. The molecule has 0 unspecified atom stereocenters. The maximum Gasteiger partial charge on any atom is 0.254 e. The van der Waals surface area contributed by atoms with Crippen molar-refractivity contribution < 1.29 is 23.6 Å². The molecule has 1 N–H and O–H groups in total. The second kappa shape index (κ2) is 8.64. The van der Waals surface area contributed by atoms with E-state index in [0.717, 1.165) is 23.9 Å². The van der Waals surface area contributed by atoms with Crippen LogP contribution in [0.1, 0.15) is 71.4 Å². The molecule has 2 aromatic carbocycles. The molecule has 2 aliphatic heterocycles. The molecule has 11 nitrogen and oxygen atoms in total. The summed E-state index contributed by atoms with van der Waals surface area (Å²) in [5.41, 5.74) is 2.66. The molecule has 38 heavy (non-hydrogen) atoms. The zero-order valence-electron chi connectivity index (χ0n) is 20.9. The molecular formula is C27H26N6O5. The van der Waals surface area contributed by atoms with Crippen LogP contribution in [-0.2, 0) is 0 Å². The van der Waals surface area contributed by atoms with Crippen molar-refractivity contribution in [1.29, 1.82) is 0 Å². The van der Waals surface area contributed by atoms with Gasteiger partial charge in [-0.3, -0.25) is 9.59 Å². The van der Waals surface area contributed by atoms with E-state index in [2.05, 4.69) is 25.8 Å². The van der Waals surface area contributed by atoms with Crippen molar-refractivity contribution in [3.8, 4) is 22.9 Å². The molecule has 1 amide bonds. The number of H-pyrrole nitrogens is 1. The smallest absolute Gasteiger partial charge is 0.254 e. The molecule has 7 rings (SSSR count). The fourth-order valence-electron chi connectivity index (χ4n) is 5.56. The van der Waals surface area contributed by atoms with Gasteiger partial charge in [0.25, 0.3) is 5.91 Å². The Bertz CT molecular complexity index is 1550. The van der Waals surface area contributed by atoms with Gasteiger partial charge in [-0.1, -0.05) is 5.16 Å². The van der Waals surface area contributed by atoms with E-state index in [1.165, 1.54) is 0 Å². The van der Waals surface area contributed by atoms with Gasteiger partial charge in [-0.15, -0.1) is 10.2 Å². The zero-order chi connectivity index (χ0) is 25.9. The van der Waals surface area contributed by atoms with Gasteiger partial charge in [-0.05, 0) is 55.3 Å². The Kier molecular flexibility index (Phi) is 5.20. The molecule has 11 heteroatoms. The minimum absolute atomic E-state index is 0.0169. The van der Waals surface area contributed by atoms with Crippen LogP contribution in [0.2, 0.25) is 0 Å². The Labute approximate surface area is 217 Å². The summed E-state index contributed by atoms with van der Waals surface area (Å²) < 4.78 is 17.8. The number of tetrazole rings is 1. The Morgan fingerprint density at radius 1 is 1.21 bits per heavy atom. The lowest BCUT2D eigenvalue weighted by Crippen LogP contribution is -2.52. The topological polar surface area (TPSA) is 136 Å². The Balaban J connectivity index is 1.10. The van der Waals surface area contributed by atoms with Crippen LogP contribution in [0.5, 0.6) is 11.5 Å². The quantitative estimate of drug-likeness (QED) is 0.420. The molecule has 1 spiro atoms. The van der Waals surface area contributed by atoms with Gasteiger partial charge in [0.2, 0.25) is 11.4 Å². The van der Waals surface area contributed by atoms with Crippen LogP contribution < -0.4 is 9.47 Å². The third-order valence-corrected chi connectivity index (χ3v) is 7.73. The summed E-state index contributed by atoms with van der Waals surface area (Å²) in [6.45, 7) is 3.34. The maximum absolute atomic E-state index is 13.6. The molecule has 4 heterocycles. The maximum atomic E-state index is 13.6. The van der Waals surface area contributed by atoms with Gasteiger partial charge in [0.15, 0.2) is 11.5 Å². The fraction of sp³-hybridized carbons (Fsp3) is 0.407. The van der Waals surface area contributed by atoms with E-state index in [9.17, 15) is 9.59 Å². The number of carbonyl (C=O) groups is 2. The molecule has 1 saturated heterocycles. The first-order valence-electron chi connectivity index (χ1n) is 13.0. The van der Waals surface area contributed by atoms with Gasteiger partial charge >= 0.3 is 0 Å². The highest BCUT2D eigenvalue weighted by molar-refractivity contribution is 6.02. The number of nitrogens with one attached hydrogen (secondary N) is 1. The molecule has 1 saturated carbocycles. The van der Waals surface area contributed by atoms with Gasteiger partial charge in [-0.2, -0.15) is 5.21 Å². The SMILES string of the molecule is CCOc1cc(C(=O)N2CCC3(CC2)CC(=O)c2cc(-c4nn[nH]n4)ccc2O3)cc2c(C3CC3)noc12. The van der Waals surface area contributed by atoms with Crippen molar-refractivity contribution >= 4 is 22.7 Å². The summed E-state index contributed by atoms with van der Waals surface area (Å²) in [5, 5.41) is 19.1. The highest BCUT2D eigenvalue weighted by Crippen LogP contribution is 2.45. The van der Waals surface area contributed by atoms with Crippen molar-refractivity contribution in [1.82, 2.24) is 30.7 Å². The molecule has 0 atom stereocenters. The lowest BCUT2D eigenvalue weighted by atomic mass is 9.82. The molecule has 1 aliphatic carbocycles. The first kappa shape index (κ1) is 22.9. The number of hydrogen-bond acceptors (Lipinski definition) is 9. The van der Waals surface area contributed by atoms with Gasteiger partial charge < -0.3 is 18.9 Å². The number of amides is 1. The number of ketones is 1. The Morgan fingerprint density at radius 3 is 2.79 bits per heavy atom. The average Bonchev–Trinajstić information content (AvgIpc) is 3.43. The summed E-state index contributed by atoms with van der Waals surface area (Å²) in [5.74, 6) is 1.85. The van der Waals surface area contributed by atoms with Crippen molar-refractivity contribution in [2.24, 2.45) is 0 Å². The zero-order valence-corrected chi connectivity index (χ0v) is 20.9. The third kappa shape index (κ3) is 3.80. The van der Waals surface area contributed by atoms with E-state index in [0.29, 0.717) is 78.1 Å². The van der Waals surface area contributed by atoms with E-state index >= 15 is 0 Å². The highest BCUT2D eigenvalue weighted by Gasteiger charge is 2.44. The number of hydrogen-bond donors (Lipinski definition) is 1. The molecule has 2 fully saturated rings. The van der Waals surface area contributed by atoms with E-state index in [1.54, 1.807) is 18.2 Å². The second-order valence-electron chi connectivity index (χ2n) is 10.2. The summed E-state index contributed by atoms with van der Waals surface area (Å²) in [7, 11) is 0. The average molecular weight is 515 g/mol. The number of rotatable bonds is 5. The molecular weight excluding hydrogens is 488 g/mol. The number of Topliss-reactive ketones (excluding diaryl/α,β-unsaturated/α-hetero) is 1. The van der Waals surface area contributed by atoms with E-state index in [-0.39, 0.29) is 18.1 Å². The van der Waals surface area contributed by atoms with Crippen LogP contribution in [-0.4, -0.2) is 67.7 Å². The number of likely N-dealkylation sites (tertiary alicyclic amines) is 1. The molecule has 4 aromatic rings. The predicted octanol–water partition coefficient (Wildman–Crippen LogP) is 3.92. The second-order valence-corrected chi connectivity index (χ2v) is 10.2. The number of carbonyl (C=O) groups excluding carboxylic acids is 2. The largest absolute Gasteiger partial charge is 0.490 e. The predicted molar refractivity (Wildman–Crippen MR) is 134 cm³/mol. The number of nitrogens with zero attached hydrogens (tertiary/aromatic N) is 5. The van der Waals surface area contributed by atoms with Crippen molar-refractivity contribution in [2.45, 2.75) is 50.5 Å². The van der Waals surface area contributed by atoms with E-state index in [4.69, 9.17) is 14.0 Å². The molecule has 0 bridgehead atoms. The van der Waals surface area contributed by atoms with Crippen molar-refractivity contribution in [3.63, 3.8) is 0 Å². The van der Waals surface area contributed by atoms with Crippen LogP contribution >= 0.6 is 0 Å². The van der Waals surface area contributed by atoms with Crippen LogP contribution in [0, 0.1) is 0 Å². The summed E-state index contributed by atoms with van der Waals surface area (Å²) in [4.78, 5) is 28.6. The number of fused-ring (bicyclic) bond motifs is 2. The minimum atomic E-state index is -0.622. The molecule has 2 aromatic heterocycles. The number of benzene rings is 2. The van der Waals surface area contributed by atoms with Crippen molar-refractivity contribution in [2.75, 3.05) is 19.7 Å². The number of ether oxygens (including phenoxy) is 2. The van der Waals surface area contributed by atoms with Crippen LogP contribution in [0.3, 0.4) is 0 Å². The molecule has 0 radical (unpaired) electrons. The number of aromatic nitrogens is 5. The Morgan fingerprint density at radius 2 is 2.05 bits per heavy atom. The first-order chi connectivity index (χ1) is 18.5. The lowest BCUT2D eigenvalue weighted by Gasteiger charge is -2.44. The standard InChI is InChI=1S/C27H26N6O5/c1-2-36-22-13-17(12-19-23(15-3-4-15)30-38-24(19)22)26(35)33-9-7-27(8-10-33)14-20(34)18-11-16(5-6-21(18)37-27)25-28-31-32-29-25/h5-6,11-13,15H,2-4,7-10,14H2,1H3,(H,28,29,31,32). The van der Waals surface area contributed by atoms with Crippen LogP contribution in [0.15, 0.2) is 34.9 Å². The molecule has 3 aliphatic rings. The van der Waals surface area contributed by atoms with E-state index in [1.807, 2.05) is 24.0 Å². The first-order valence-corrected chi connectivity index (χ1v) is 13.0. The summed E-state index contributed by atoms with van der Waals surface area (Å²) >= 11 is 0. The third-order valence-electron chi connectivity index (χ3n) is 7.73. The number of aromatic amines is 1. The summed E-state index contributed by atoms with van der Waals surface area (Å²) in [6.07, 6.45) is 3.56. The normalized spacial score (nSPS) is 18.4. The minimum Gasteiger partial charge on any atom is -0.490 e. The van der Waals surface area contributed by atoms with Crippen LogP contribution in [0.25, 0.3) is 22.4 Å². The Hall–Kier alpha value is -4.28. The van der Waals surface area contributed by atoms with Crippen molar-refractivity contribution in [3.05, 3.63) is 47.2 Å². The lowest BCUT2D eigenvalue weighted by molar-refractivity contribution is -0.00570. The molecule has 194 valence electrons. The van der Waals surface area contributed by atoms with Gasteiger partial charge in [-0.25, -0.2) is 0 Å².